The fourth-order valence-corrected chi connectivity index (χ4v) is 5.85. The summed E-state index contributed by atoms with van der Waals surface area (Å²) in [5.41, 5.74) is 7.02. The number of aryl methyl sites for hydroxylation is 2. The predicted molar refractivity (Wildman–Crippen MR) is 139 cm³/mol. The van der Waals surface area contributed by atoms with Crippen molar-refractivity contribution < 1.29 is 17.4 Å². The van der Waals surface area contributed by atoms with Crippen molar-refractivity contribution in [3.63, 3.8) is 0 Å². The molecule has 0 fully saturated rings. The molecule has 2 aromatic carbocycles. The van der Waals surface area contributed by atoms with Gasteiger partial charge in [0.05, 0.1) is 5.36 Å². The van der Waals surface area contributed by atoms with Crippen LogP contribution in [0.25, 0.3) is 33.4 Å². The van der Waals surface area contributed by atoms with Crippen LogP contribution in [0.1, 0.15) is 56.7 Å². The quantitative estimate of drug-likeness (QED) is 0.225. The summed E-state index contributed by atoms with van der Waals surface area (Å²) >= 11 is 0. The first-order valence-electron chi connectivity index (χ1n) is 11.8. The number of fused-ring (bicyclic) bond motifs is 3. The molecule has 0 spiro atoms. The standard InChI is InChI=1S/C28H30N2O4S/c1-15(2)17-6-8-18(9-7-17)23-20-10-11-22(29)27(35(31,32)33)26(20)34-25-16(3)24-19(14-21(23)25)12-13-28(4,5)30-24/h6-11,14-15,29-30H,12-13H2,1-5H3,(H,31,32,33). The monoisotopic (exact) mass is 490 g/mol. The lowest BCUT2D eigenvalue weighted by Gasteiger charge is -2.35. The molecule has 0 aromatic heterocycles. The number of hydrogen-bond acceptors (Lipinski definition) is 5. The highest BCUT2D eigenvalue weighted by molar-refractivity contribution is 7.86. The third kappa shape index (κ3) is 3.93. The van der Waals surface area contributed by atoms with E-state index in [1.807, 2.05) is 19.1 Å². The van der Waals surface area contributed by atoms with Crippen LogP contribution in [-0.2, 0) is 16.5 Å². The molecule has 0 atom stereocenters. The van der Waals surface area contributed by atoms with E-state index in [1.165, 1.54) is 17.2 Å². The first-order valence-corrected chi connectivity index (χ1v) is 13.3. The Bertz CT molecular complexity index is 1610. The molecule has 7 heteroatoms. The fraction of sp³-hybridized carbons (Fsp3) is 0.321. The van der Waals surface area contributed by atoms with E-state index in [4.69, 9.17) is 9.83 Å². The molecule has 0 unspecified atom stereocenters. The lowest BCUT2D eigenvalue weighted by Crippen LogP contribution is -2.35. The molecule has 35 heavy (non-hydrogen) atoms. The van der Waals surface area contributed by atoms with Crippen LogP contribution in [0.4, 0.5) is 5.69 Å². The second kappa shape index (κ2) is 7.93. The molecule has 0 bridgehead atoms. The molecule has 0 saturated carbocycles. The minimum Gasteiger partial charge on any atom is -0.454 e. The average molecular weight is 491 g/mol. The van der Waals surface area contributed by atoms with Gasteiger partial charge in [-0.2, -0.15) is 8.42 Å². The van der Waals surface area contributed by atoms with E-state index in [9.17, 15) is 13.0 Å². The molecule has 6 nitrogen and oxygen atoms in total. The van der Waals surface area contributed by atoms with Gasteiger partial charge in [0, 0.05) is 33.3 Å². The molecule has 2 aromatic rings. The van der Waals surface area contributed by atoms with Gasteiger partial charge in [-0.3, -0.25) is 9.96 Å². The summed E-state index contributed by atoms with van der Waals surface area (Å²) in [5.74, 6) is 0.373. The minimum absolute atomic E-state index is 0.00597. The van der Waals surface area contributed by atoms with Crippen molar-refractivity contribution in [1.82, 2.24) is 0 Å². The molecule has 1 aliphatic carbocycles. The average Bonchev–Trinajstić information content (AvgIpc) is 2.77. The van der Waals surface area contributed by atoms with E-state index in [0.29, 0.717) is 17.1 Å². The Morgan fingerprint density at radius 3 is 2.43 bits per heavy atom. The van der Waals surface area contributed by atoms with Crippen molar-refractivity contribution in [3.8, 4) is 22.5 Å². The van der Waals surface area contributed by atoms with Crippen LogP contribution in [-0.4, -0.2) is 18.5 Å². The van der Waals surface area contributed by atoms with E-state index >= 15 is 0 Å². The van der Waals surface area contributed by atoms with E-state index in [0.717, 1.165) is 40.6 Å². The molecular weight excluding hydrogens is 460 g/mol. The molecule has 182 valence electrons. The fourth-order valence-electron chi connectivity index (χ4n) is 5.11. The number of rotatable bonds is 3. The highest BCUT2D eigenvalue weighted by Gasteiger charge is 2.31. The molecule has 2 aliphatic heterocycles. The molecule has 2 heterocycles. The van der Waals surface area contributed by atoms with Crippen LogP contribution in [0, 0.1) is 12.3 Å². The highest BCUT2D eigenvalue weighted by Crippen LogP contribution is 2.46. The number of nitrogens with one attached hydrogen (secondary N) is 2. The number of benzene rings is 3. The summed E-state index contributed by atoms with van der Waals surface area (Å²) in [6.07, 6.45) is 1.90. The predicted octanol–water partition coefficient (Wildman–Crippen LogP) is 6.50. The van der Waals surface area contributed by atoms with Crippen molar-refractivity contribution >= 4 is 26.8 Å². The SMILES string of the molecule is Cc1c2c(cc3c(-c4ccc(C(C)C)cc4)c4ccc(=N)c(S(=O)(=O)O)c-4oc13)CCC(C)(C)N2. The number of anilines is 1. The lowest BCUT2D eigenvalue weighted by molar-refractivity contribution is 0.477. The largest absolute Gasteiger partial charge is 0.454 e. The Hall–Kier alpha value is -3.16. The van der Waals surface area contributed by atoms with Gasteiger partial charge in [-0.15, -0.1) is 0 Å². The molecule has 0 amide bonds. The summed E-state index contributed by atoms with van der Waals surface area (Å²) < 4.78 is 41.0. The van der Waals surface area contributed by atoms with Crippen LogP contribution in [0.15, 0.2) is 51.8 Å². The summed E-state index contributed by atoms with van der Waals surface area (Å²) in [5, 5.41) is 12.4. The zero-order valence-corrected chi connectivity index (χ0v) is 21.4. The zero-order chi connectivity index (χ0) is 25.3. The van der Waals surface area contributed by atoms with Gasteiger partial charge >= 0.3 is 0 Å². The van der Waals surface area contributed by atoms with Crippen LogP contribution in [0.2, 0.25) is 0 Å². The van der Waals surface area contributed by atoms with E-state index in [1.54, 1.807) is 6.07 Å². The van der Waals surface area contributed by atoms with Crippen molar-refractivity contribution in [2.24, 2.45) is 0 Å². The van der Waals surface area contributed by atoms with Gasteiger partial charge in [0.1, 0.15) is 5.58 Å². The maximum atomic E-state index is 12.3. The van der Waals surface area contributed by atoms with Gasteiger partial charge in [-0.05, 0) is 74.4 Å². The first-order chi connectivity index (χ1) is 16.4. The summed E-state index contributed by atoms with van der Waals surface area (Å²) in [4.78, 5) is -0.512. The molecular formula is C28H30N2O4S. The Morgan fingerprint density at radius 1 is 1.11 bits per heavy atom. The van der Waals surface area contributed by atoms with Gasteiger partial charge in [0.2, 0.25) is 0 Å². The van der Waals surface area contributed by atoms with Gasteiger partial charge in [0.15, 0.2) is 10.7 Å². The van der Waals surface area contributed by atoms with Gasteiger partial charge < -0.3 is 9.73 Å². The zero-order valence-electron chi connectivity index (χ0n) is 20.6. The first kappa shape index (κ1) is 23.6. The van der Waals surface area contributed by atoms with E-state index < -0.39 is 15.0 Å². The van der Waals surface area contributed by atoms with Crippen molar-refractivity contribution in [2.75, 3.05) is 5.32 Å². The summed E-state index contributed by atoms with van der Waals surface area (Å²) in [6, 6.07) is 13.5. The maximum absolute atomic E-state index is 12.3. The molecule has 5 rings (SSSR count). The van der Waals surface area contributed by atoms with Gasteiger partial charge in [-0.25, -0.2) is 0 Å². The third-order valence-electron chi connectivity index (χ3n) is 7.06. The Labute approximate surface area is 205 Å². The van der Waals surface area contributed by atoms with Gasteiger partial charge in [-0.1, -0.05) is 38.1 Å². The Kier molecular flexibility index (Phi) is 5.34. The summed E-state index contributed by atoms with van der Waals surface area (Å²) in [6.45, 7) is 10.6. The third-order valence-corrected chi connectivity index (χ3v) is 7.98. The molecule has 0 radical (unpaired) electrons. The van der Waals surface area contributed by atoms with Crippen LogP contribution >= 0.6 is 0 Å². The van der Waals surface area contributed by atoms with E-state index in [2.05, 4.69) is 51.2 Å². The number of hydrogen-bond donors (Lipinski definition) is 3. The van der Waals surface area contributed by atoms with Crippen LogP contribution < -0.4 is 10.7 Å². The lowest BCUT2D eigenvalue weighted by atomic mass is 9.85. The molecule has 3 aliphatic rings. The highest BCUT2D eigenvalue weighted by atomic mass is 32.2. The normalized spacial score (nSPS) is 15.4. The minimum atomic E-state index is -4.69. The molecule has 3 N–H and O–H groups in total. The second-order valence-corrected chi connectivity index (χ2v) is 11.8. The van der Waals surface area contributed by atoms with Gasteiger partial charge in [0.25, 0.3) is 10.1 Å². The molecule has 0 saturated heterocycles. The van der Waals surface area contributed by atoms with Crippen LogP contribution in [0.5, 0.6) is 0 Å². The summed E-state index contributed by atoms with van der Waals surface area (Å²) in [7, 11) is -4.69. The van der Waals surface area contributed by atoms with Crippen molar-refractivity contribution in [1.29, 1.82) is 5.41 Å². The van der Waals surface area contributed by atoms with Crippen molar-refractivity contribution in [2.45, 2.75) is 63.8 Å². The maximum Gasteiger partial charge on any atom is 0.300 e. The van der Waals surface area contributed by atoms with Crippen LogP contribution in [0.3, 0.4) is 0 Å². The Balaban J connectivity index is 1.95. The smallest absolute Gasteiger partial charge is 0.300 e. The Morgan fingerprint density at radius 2 is 1.80 bits per heavy atom. The topological polar surface area (TPSA) is 103 Å². The second-order valence-electron chi connectivity index (χ2n) is 10.5. The van der Waals surface area contributed by atoms with Crippen molar-refractivity contribution in [3.05, 3.63) is 64.5 Å². The van der Waals surface area contributed by atoms with E-state index in [-0.39, 0.29) is 16.7 Å².